The molecule has 0 saturated carbocycles. The molecule has 8 nitrogen and oxygen atoms in total. The van der Waals surface area contributed by atoms with Crippen molar-refractivity contribution in [3.63, 3.8) is 0 Å². The van der Waals surface area contributed by atoms with Crippen LogP contribution in [0.15, 0.2) is 54.8 Å². The monoisotopic (exact) mass is 515 g/mol. The number of likely N-dealkylation sites (tertiary alicyclic amines) is 2. The molecule has 0 atom stereocenters. The standard InChI is InChI=1S/C30H37N5O3/c1-2-29(37)35-18-24(19-35)33-14-8-22(9-15-33)23-3-4-28-26(17-23)32-30-25(20-38-28)27(5-11-31-30)34-12-6-21(7-13-34)10-16-36/h2-6,11,17,22,24,36H,1,7-10,12-16,18-20H2,(H,31,32). The molecule has 4 aliphatic rings. The molecule has 200 valence electrons. The van der Waals surface area contributed by atoms with Crippen LogP contribution in [0.3, 0.4) is 0 Å². The van der Waals surface area contributed by atoms with Crippen molar-refractivity contribution in [1.29, 1.82) is 0 Å². The summed E-state index contributed by atoms with van der Waals surface area (Å²) in [6.07, 6.45) is 9.50. The summed E-state index contributed by atoms with van der Waals surface area (Å²) >= 11 is 0. The van der Waals surface area contributed by atoms with E-state index < -0.39 is 0 Å². The molecule has 4 aliphatic heterocycles. The Balaban J connectivity index is 1.12. The molecule has 8 heteroatoms. The van der Waals surface area contributed by atoms with Gasteiger partial charge in [-0.25, -0.2) is 4.98 Å². The molecule has 2 N–H and O–H groups in total. The Kier molecular flexibility index (Phi) is 7.08. The lowest BCUT2D eigenvalue weighted by molar-refractivity contribution is -0.133. The summed E-state index contributed by atoms with van der Waals surface area (Å²) in [6.45, 7) is 9.82. The zero-order valence-electron chi connectivity index (χ0n) is 21.9. The highest BCUT2D eigenvalue weighted by molar-refractivity contribution is 5.87. The average Bonchev–Trinajstić information content (AvgIpc) is 3.12. The molecule has 1 aromatic heterocycles. The van der Waals surface area contributed by atoms with Gasteiger partial charge in [-0.15, -0.1) is 0 Å². The number of nitrogens with one attached hydrogen (secondary N) is 1. The van der Waals surface area contributed by atoms with Crippen LogP contribution < -0.4 is 15.0 Å². The van der Waals surface area contributed by atoms with Gasteiger partial charge in [-0.3, -0.25) is 9.69 Å². The lowest BCUT2D eigenvalue weighted by atomic mass is 9.88. The first-order valence-electron chi connectivity index (χ1n) is 13.8. The van der Waals surface area contributed by atoms with Crippen molar-refractivity contribution in [2.75, 3.05) is 56.1 Å². The first kappa shape index (κ1) is 24.9. The van der Waals surface area contributed by atoms with Gasteiger partial charge >= 0.3 is 0 Å². The molecule has 0 bridgehead atoms. The van der Waals surface area contributed by atoms with Crippen LogP contribution >= 0.6 is 0 Å². The smallest absolute Gasteiger partial charge is 0.246 e. The maximum absolute atomic E-state index is 11.8. The number of aliphatic hydroxyl groups excluding tert-OH is 1. The number of anilines is 3. The summed E-state index contributed by atoms with van der Waals surface area (Å²) in [5, 5.41) is 12.8. The number of rotatable bonds is 6. The van der Waals surface area contributed by atoms with Crippen molar-refractivity contribution >= 4 is 23.1 Å². The fraction of sp³-hybridized carbons (Fsp3) is 0.467. The molecule has 0 radical (unpaired) electrons. The lowest BCUT2D eigenvalue weighted by Gasteiger charge is -2.47. The van der Waals surface area contributed by atoms with Crippen LogP contribution in [0.1, 0.15) is 42.7 Å². The van der Waals surface area contributed by atoms with E-state index >= 15 is 0 Å². The predicted octanol–water partition coefficient (Wildman–Crippen LogP) is 3.81. The van der Waals surface area contributed by atoms with E-state index in [0.717, 1.165) is 93.5 Å². The zero-order chi connectivity index (χ0) is 26.1. The highest BCUT2D eigenvalue weighted by Crippen LogP contribution is 2.40. The Morgan fingerprint density at radius 3 is 2.79 bits per heavy atom. The van der Waals surface area contributed by atoms with Crippen LogP contribution in [0.2, 0.25) is 0 Å². The van der Waals surface area contributed by atoms with Gasteiger partial charge in [0.15, 0.2) is 0 Å². The number of piperidine rings is 1. The number of amides is 1. The molecular formula is C30H37N5O3. The summed E-state index contributed by atoms with van der Waals surface area (Å²) in [7, 11) is 0. The predicted molar refractivity (Wildman–Crippen MR) is 149 cm³/mol. The van der Waals surface area contributed by atoms with E-state index in [1.165, 1.54) is 17.2 Å². The van der Waals surface area contributed by atoms with Gasteiger partial charge in [-0.05, 0) is 74.5 Å². The number of aliphatic hydroxyl groups is 1. The van der Waals surface area contributed by atoms with Gasteiger partial charge in [-0.2, -0.15) is 0 Å². The van der Waals surface area contributed by atoms with Crippen LogP contribution in [0.4, 0.5) is 17.2 Å². The number of benzene rings is 1. The van der Waals surface area contributed by atoms with Crippen LogP contribution in [-0.2, 0) is 11.4 Å². The summed E-state index contributed by atoms with van der Waals surface area (Å²) in [5.74, 6) is 2.28. The van der Waals surface area contributed by atoms with Crippen LogP contribution in [0.5, 0.6) is 5.75 Å². The van der Waals surface area contributed by atoms with E-state index in [0.29, 0.717) is 18.6 Å². The van der Waals surface area contributed by atoms with Crippen LogP contribution in [0, 0.1) is 0 Å². The summed E-state index contributed by atoms with van der Waals surface area (Å²) in [5.41, 5.74) is 5.90. The lowest BCUT2D eigenvalue weighted by Crippen LogP contribution is -2.61. The van der Waals surface area contributed by atoms with Gasteiger partial charge in [0.2, 0.25) is 5.91 Å². The number of aromatic nitrogens is 1. The normalized spacial score (nSPS) is 20.3. The van der Waals surface area contributed by atoms with Crippen molar-refractivity contribution in [3.05, 3.63) is 65.9 Å². The SMILES string of the molecule is C=CC(=O)N1CC(N2CCC(c3ccc4c(c3)Nc3nccc(N5CC=C(CCO)CC5)c3CO4)CC2)C1. The number of pyridine rings is 1. The van der Waals surface area contributed by atoms with E-state index in [4.69, 9.17) is 4.74 Å². The first-order valence-corrected chi connectivity index (χ1v) is 13.8. The van der Waals surface area contributed by atoms with E-state index in [1.54, 1.807) is 0 Å². The number of carbonyl (C=O) groups excluding carboxylic acids is 1. The van der Waals surface area contributed by atoms with E-state index in [1.807, 2.05) is 11.1 Å². The molecule has 2 saturated heterocycles. The zero-order valence-corrected chi connectivity index (χ0v) is 21.9. The number of fused-ring (bicyclic) bond motifs is 2. The topological polar surface area (TPSA) is 81.2 Å². The first-order chi connectivity index (χ1) is 18.6. The Bertz CT molecular complexity index is 1230. The Morgan fingerprint density at radius 2 is 2.05 bits per heavy atom. The van der Waals surface area contributed by atoms with Crippen molar-refractivity contribution in [2.45, 2.75) is 44.2 Å². The molecule has 0 spiro atoms. The number of ether oxygens (including phenoxy) is 1. The minimum absolute atomic E-state index is 0.0407. The number of carbonyl (C=O) groups is 1. The minimum atomic E-state index is 0.0407. The molecule has 38 heavy (non-hydrogen) atoms. The maximum Gasteiger partial charge on any atom is 0.246 e. The van der Waals surface area contributed by atoms with Crippen LogP contribution in [0.25, 0.3) is 0 Å². The van der Waals surface area contributed by atoms with Gasteiger partial charge in [0, 0.05) is 50.7 Å². The second-order valence-corrected chi connectivity index (χ2v) is 10.8. The molecule has 6 rings (SSSR count). The van der Waals surface area contributed by atoms with Crippen molar-refractivity contribution < 1.29 is 14.6 Å². The van der Waals surface area contributed by atoms with Gasteiger partial charge in [0.05, 0.1) is 11.3 Å². The Morgan fingerprint density at radius 1 is 1.21 bits per heavy atom. The number of hydrogen-bond donors (Lipinski definition) is 2. The fourth-order valence-corrected chi connectivity index (χ4v) is 6.22. The molecule has 1 aromatic carbocycles. The van der Waals surface area contributed by atoms with Gasteiger partial charge in [0.1, 0.15) is 18.2 Å². The average molecular weight is 516 g/mol. The highest BCUT2D eigenvalue weighted by atomic mass is 16.5. The Hall–Kier alpha value is -3.36. The molecule has 2 fully saturated rings. The highest BCUT2D eigenvalue weighted by Gasteiger charge is 2.35. The van der Waals surface area contributed by atoms with Crippen molar-refractivity contribution in [2.24, 2.45) is 0 Å². The quantitative estimate of drug-likeness (QED) is 0.447. The third kappa shape index (κ3) is 4.90. The summed E-state index contributed by atoms with van der Waals surface area (Å²) in [4.78, 5) is 23.2. The van der Waals surface area contributed by atoms with Crippen LogP contribution in [-0.4, -0.2) is 77.7 Å². The maximum atomic E-state index is 11.8. The summed E-state index contributed by atoms with van der Waals surface area (Å²) < 4.78 is 6.29. The van der Waals surface area contributed by atoms with Crippen molar-refractivity contribution in [1.82, 2.24) is 14.8 Å². The van der Waals surface area contributed by atoms with Gasteiger partial charge in [-0.1, -0.05) is 24.3 Å². The molecular weight excluding hydrogens is 478 g/mol. The van der Waals surface area contributed by atoms with Gasteiger partial charge < -0.3 is 25.0 Å². The third-order valence-corrected chi connectivity index (χ3v) is 8.60. The molecule has 0 aliphatic carbocycles. The largest absolute Gasteiger partial charge is 0.487 e. The van der Waals surface area contributed by atoms with E-state index in [2.05, 4.69) is 57.0 Å². The van der Waals surface area contributed by atoms with E-state index in [-0.39, 0.29) is 12.5 Å². The fourth-order valence-electron chi connectivity index (χ4n) is 6.22. The minimum Gasteiger partial charge on any atom is -0.487 e. The number of nitrogens with zero attached hydrogens (tertiary/aromatic N) is 4. The third-order valence-electron chi connectivity index (χ3n) is 8.60. The molecule has 0 unspecified atom stereocenters. The molecule has 1 amide bonds. The Labute approximate surface area is 224 Å². The van der Waals surface area contributed by atoms with Crippen molar-refractivity contribution in [3.8, 4) is 5.75 Å². The van der Waals surface area contributed by atoms with E-state index in [9.17, 15) is 9.90 Å². The van der Waals surface area contributed by atoms with Gasteiger partial charge in [0.25, 0.3) is 0 Å². The second-order valence-electron chi connectivity index (χ2n) is 10.8. The molecule has 2 aromatic rings. The molecule has 5 heterocycles. The second kappa shape index (κ2) is 10.8. The number of hydrogen-bond acceptors (Lipinski definition) is 7. The summed E-state index contributed by atoms with van der Waals surface area (Å²) in [6, 6.07) is 9.13.